The van der Waals surface area contributed by atoms with Crippen LogP contribution in [0.3, 0.4) is 0 Å². The number of benzene rings is 2. The first-order valence-electron chi connectivity index (χ1n) is 10.6. The van der Waals surface area contributed by atoms with E-state index in [4.69, 9.17) is 9.47 Å². The van der Waals surface area contributed by atoms with Crippen molar-refractivity contribution in [3.05, 3.63) is 59.7 Å². The van der Waals surface area contributed by atoms with Crippen molar-refractivity contribution in [2.45, 2.75) is 26.7 Å². The molecular formula is C24H30N2O4. The molecule has 1 fully saturated rings. The van der Waals surface area contributed by atoms with Crippen molar-refractivity contribution >= 4 is 17.5 Å². The van der Waals surface area contributed by atoms with Crippen molar-refractivity contribution in [2.24, 2.45) is 5.92 Å². The number of ether oxygens (including phenoxy) is 2. The van der Waals surface area contributed by atoms with Gasteiger partial charge in [0.2, 0.25) is 0 Å². The molecule has 1 heterocycles. The van der Waals surface area contributed by atoms with Crippen LogP contribution in [0.2, 0.25) is 0 Å². The first-order valence-corrected chi connectivity index (χ1v) is 10.6. The predicted octanol–water partition coefficient (Wildman–Crippen LogP) is 4.23. The molecule has 30 heavy (non-hydrogen) atoms. The number of hydrogen-bond donors (Lipinski definition) is 1. The molecule has 0 spiro atoms. The fourth-order valence-corrected chi connectivity index (χ4v) is 3.42. The summed E-state index contributed by atoms with van der Waals surface area (Å²) in [7, 11) is 0. The number of carbonyl (C=O) groups excluding carboxylic acids is 2. The summed E-state index contributed by atoms with van der Waals surface area (Å²) >= 11 is 0. The van der Waals surface area contributed by atoms with Crippen LogP contribution in [-0.2, 0) is 4.74 Å². The molecule has 1 aliphatic rings. The van der Waals surface area contributed by atoms with E-state index in [1.807, 2.05) is 17.9 Å². The van der Waals surface area contributed by atoms with Gasteiger partial charge in [0, 0.05) is 36.5 Å². The molecule has 0 aromatic heterocycles. The van der Waals surface area contributed by atoms with Gasteiger partial charge >= 0.3 is 0 Å². The minimum Gasteiger partial charge on any atom is -0.491 e. The zero-order valence-electron chi connectivity index (χ0n) is 17.7. The SMILES string of the molecule is CCOCCOc1cccc(C(=O)Nc2cccc(C(=O)N3CCC(C)CC3)c2)c1. The van der Waals surface area contributed by atoms with E-state index in [0.717, 1.165) is 25.9 Å². The van der Waals surface area contributed by atoms with E-state index in [1.165, 1.54) is 0 Å². The van der Waals surface area contributed by atoms with Gasteiger partial charge in [0.1, 0.15) is 12.4 Å². The van der Waals surface area contributed by atoms with E-state index in [0.29, 0.717) is 48.3 Å². The number of nitrogens with zero attached hydrogens (tertiary/aromatic N) is 1. The Morgan fingerprint density at radius 2 is 1.77 bits per heavy atom. The third kappa shape index (κ3) is 6.07. The molecule has 2 amide bonds. The fourth-order valence-electron chi connectivity index (χ4n) is 3.42. The van der Waals surface area contributed by atoms with E-state index in [-0.39, 0.29) is 11.8 Å². The van der Waals surface area contributed by atoms with Crippen molar-refractivity contribution in [3.63, 3.8) is 0 Å². The number of rotatable bonds is 8. The molecule has 0 unspecified atom stereocenters. The van der Waals surface area contributed by atoms with Crippen LogP contribution in [0.15, 0.2) is 48.5 Å². The van der Waals surface area contributed by atoms with Gasteiger partial charge in [-0.1, -0.05) is 19.1 Å². The average Bonchev–Trinajstić information content (AvgIpc) is 2.77. The van der Waals surface area contributed by atoms with Crippen molar-refractivity contribution in [1.82, 2.24) is 4.90 Å². The Kier molecular flexibility index (Phi) is 7.85. The largest absolute Gasteiger partial charge is 0.491 e. The summed E-state index contributed by atoms with van der Waals surface area (Å²) < 4.78 is 10.9. The summed E-state index contributed by atoms with van der Waals surface area (Å²) in [6.07, 6.45) is 2.07. The highest BCUT2D eigenvalue weighted by Gasteiger charge is 2.21. The Bertz CT molecular complexity index is 860. The molecule has 1 aliphatic heterocycles. The highest BCUT2D eigenvalue weighted by molar-refractivity contribution is 6.05. The van der Waals surface area contributed by atoms with Crippen molar-refractivity contribution in [1.29, 1.82) is 0 Å². The lowest BCUT2D eigenvalue weighted by molar-refractivity contribution is 0.0697. The Hall–Kier alpha value is -2.86. The fraction of sp³-hybridized carbons (Fsp3) is 0.417. The third-order valence-corrected chi connectivity index (χ3v) is 5.23. The summed E-state index contributed by atoms with van der Waals surface area (Å²) in [5.74, 6) is 1.05. The second-order valence-electron chi connectivity index (χ2n) is 7.58. The zero-order valence-corrected chi connectivity index (χ0v) is 17.7. The van der Waals surface area contributed by atoms with E-state index >= 15 is 0 Å². The van der Waals surface area contributed by atoms with Gasteiger partial charge in [-0.15, -0.1) is 0 Å². The summed E-state index contributed by atoms with van der Waals surface area (Å²) in [5, 5.41) is 2.88. The monoisotopic (exact) mass is 410 g/mol. The van der Waals surface area contributed by atoms with Crippen LogP contribution in [0.1, 0.15) is 47.4 Å². The molecule has 6 heteroatoms. The second kappa shape index (κ2) is 10.8. The summed E-state index contributed by atoms with van der Waals surface area (Å²) in [5.41, 5.74) is 1.68. The maximum atomic E-state index is 12.8. The highest BCUT2D eigenvalue weighted by Crippen LogP contribution is 2.20. The molecular weight excluding hydrogens is 380 g/mol. The Labute approximate surface area is 178 Å². The number of hydrogen-bond acceptors (Lipinski definition) is 4. The average molecular weight is 411 g/mol. The van der Waals surface area contributed by atoms with Crippen LogP contribution in [0.25, 0.3) is 0 Å². The number of anilines is 1. The van der Waals surface area contributed by atoms with Gasteiger partial charge in [0.15, 0.2) is 0 Å². The number of carbonyl (C=O) groups is 2. The maximum Gasteiger partial charge on any atom is 0.255 e. The van der Waals surface area contributed by atoms with E-state index in [1.54, 1.807) is 42.5 Å². The summed E-state index contributed by atoms with van der Waals surface area (Å²) in [6, 6.07) is 14.1. The van der Waals surface area contributed by atoms with Gasteiger partial charge in [-0.05, 0) is 62.1 Å². The van der Waals surface area contributed by atoms with Gasteiger partial charge < -0.3 is 19.7 Å². The van der Waals surface area contributed by atoms with Crippen molar-refractivity contribution in [3.8, 4) is 5.75 Å². The number of amides is 2. The maximum absolute atomic E-state index is 12.8. The van der Waals surface area contributed by atoms with Crippen molar-refractivity contribution in [2.75, 3.05) is 38.2 Å². The van der Waals surface area contributed by atoms with Gasteiger partial charge in [-0.3, -0.25) is 9.59 Å². The molecule has 3 rings (SSSR count). The molecule has 2 aromatic rings. The Morgan fingerprint density at radius 3 is 2.53 bits per heavy atom. The standard InChI is InChI=1S/C24H30N2O4/c1-3-29-14-15-30-22-9-5-6-19(17-22)23(27)25-21-8-4-7-20(16-21)24(28)26-12-10-18(2)11-13-26/h4-9,16-18H,3,10-15H2,1-2H3,(H,25,27). The number of nitrogens with one attached hydrogen (secondary N) is 1. The van der Waals surface area contributed by atoms with Crippen LogP contribution in [-0.4, -0.2) is 49.6 Å². The van der Waals surface area contributed by atoms with Crippen LogP contribution in [0, 0.1) is 5.92 Å². The quantitative estimate of drug-likeness (QED) is 0.662. The lowest BCUT2D eigenvalue weighted by Crippen LogP contribution is -2.37. The minimum atomic E-state index is -0.248. The molecule has 1 N–H and O–H groups in total. The molecule has 1 saturated heterocycles. The van der Waals surface area contributed by atoms with E-state index < -0.39 is 0 Å². The lowest BCUT2D eigenvalue weighted by Gasteiger charge is -2.30. The zero-order chi connectivity index (χ0) is 21.3. The Balaban J connectivity index is 1.61. The summed E-state index contributed by atoms with van der Waals surface area (Å²) in [4.78, 5) is 27.4. The van der Waals surface area contributed by atoms with Crippen molar-refractivity contribution < 1.29 is 19.1 Å². The number of likely N-dealkylation sites (tertiary alicyclic amines) is 1. The first-order chi connectivity index (χ1) is 14.6. The molecule has 160 valence electrons. The first kappa shape index (κ1) is 21.8. The van der Waals surface area contributed by atoms with Crippen LogP contribution in [0.4, 0.5) is 5.69 Å². The smallest absolute Gasteiger partial charge is 0.255 e. The van der Waals surface area contributed by atoms with E-state index in [2.05, 4.69) is 12.2 Å². The lowest BCUT2D eigenvalue weighted by atomic mass is 9.98. The predicted molar refractivity (Wildman–Crippen MR) is 117 cm³/mol. The molecule has 6 nitrogen and oxygen atoms in total. The normalized spacial score (nSPS) is 14.4. The second-order valence-corrected chi connectivity index (χ2v) is 7.58. The molecule has 0 aliphatic carbocycles. The Morgan fingerprint density at radius 1 is 1.03 bits per heavy atom. The molecule has 0 bridgehead atoms. The van der Waals surface area contributed by atoms with Crippen LogP contribution < -0.4 is 10.1 Å². The van der Waals surface area contributed by atoms with Crippen LogP contribution >= 0.6 is 0 Å². The molecule has 0 radical (unpaired) electrons. The van der Waals surface area contributed by atoms with Crippen LogP contribution in [0.5, 0.6) is 5.75 Å². The highest BCUT2D eigenvalue weighted by atomic mass is 16.5. The van der Waals surface area contributed by atoms with Gasteiger partial charge in [-0.25, -0.2) is 0 Å². The molecule has 0 atom stereocenters. The molecule has 2 aromatic carbocycles. The third-order valence-electron chi connectivity index (χ3n) is 5.23. The topological polar surface area (TPSA) is 67.9 Å². The van der Waals surface area contributed by atoms with Gasteiger partial charge in [-0.2, -0.15) is 0 Å². The van der Waals surface area contributed by atoms with Gasteiger partial charge in [0.25, 0.3) is 11.8 Å². The van der Waals surface area contributed by atoms with E-state index in [9.17, 15) is 9.59 Å². The molecule has 0 saturated carbocycles. The van der Waals surface area contributed by atoms with Gasteiger partial charge in [0.05, 0.1) is 6.61 Å². The summed E-state index contributed by atoms with van der Waals surface area (Å²) in [6.45, 7) is 7.29. The number of piperidine rings is 1. The minimum absolute atomic E-state index is 0.0164.